The fourth-order valence-corrected chi connectivity index (χ4v) is 3.32. The third-order valence-electron chi connectivity index (χ3n) is 3.56. The third kappa shape index (κ3) is 4.82. The zero-order chi connectivity index (χ0) is 15.2. The number of hydrogen-bond donors (Lipinski definition) is 2. The van der Waals surface area contributed by atoms with Gasteiger partial charge in [0, 0.05) is 18.4 Å². The molecule has 0 radical (unpaired) electrons. The summed E-state index contributed by atoms with van der Waals surface area (Å²) >= 11 is 1.54. The van der Waals surface area contributed by atoms with Crippen molar-refractivity contribution < 1.29 is 14.3 Å². The summed E-state index contributed by atoms with van der Waals surface area (Å²) in [6.07, 6.45) is 2.39. The van der Waals surface area contributed by atoms with Gasteiger partial charge in [0.2, 0.25) is 11.8 Å². The lowest BCUT2D eigenvalue weighted by Gasteiger charge is -2.22. The van der Waals surface area contributed by atoms with Crippen molar-refractivity contribution in [2.24, 2.45) is 0 Å². The molecule has 1 aliphatic rings. The van der Waals surface area contributed by atoms with Gasteiger partial charge in [-0.1, -0.05) is 6.07 Å². The van der Waals surface area contributed by atoms with Gasteiger partial charge in [-0.15, -0.1) is 11.3 Å². The minimum absolute atomic E-state index is 0.00122. The van der Waals surface area contributed by atoms with Crippen molar-refractivity contribution in [3.05, 3.63) is 22.4 Å². The minimum atomic E-state index is -0.265. The van der Waals surface area contributed by atoms with Crippen LogP contribution in [0.15, 0.2) is 17.5 Å². The van der Waals surface area contributed by atoms with Crippen LogP contribution in [0.4, 0.5) is 0 Å². The molecule has 5 nitrogen and oxygen atoms in total. The van der Waals surface area contributed by atoms with Crippen molar-refractivity contribution in [2.75, 3.05) is 6.61 Å². The zero-order valence-electron chi connectivity index (χ0n) is 12.4. The van der Waals surface area contributed by atoms with E-state index in [9.17, 15) is 9.59 Å². The highest BCUT2D eigenvalue weighted by atomic mass is 32.1. The summed E-state index contributed by atoms with van der Waals surface area (Å²) in [4.78, 5) is 24.5. The van der Waals surface area contributed by atoms with Gasteiger partial charge < -0.3 is 15.4 Å². The van der Waals surface area contributed by atoms with Crippen molar-refractivity contribution in [1.29, 1.82) is 0 Å². The molecule has 2 heterocycles. The van der Waals surface area contributed by atoms with E-state index >= 15 is 0 Å². The van der Waals surface area contributed by atoms with Crippen molar-refractivity contribution in [3.8, 4) is 0 Å². The lowest BCUT2D eigenvalue weighted by atomic mass is 10.1. The Balaban J connectivity index is 1.89. The first-order chi connectivity index (χ1) is 10.1. The Labute approximate surface area is 129 Å². The van der Waals surface area contributed by atoms with Crippen molar-refractivity contribution in [2.45, 2.75) is 51.3 Å². The van der Waals surface area contributed by atoms with Crippen LogP contribution in [0, 0.1) is 0 Å². The maximum absolute atomic E-state index is 12.2. The Morgan fingerprint density at radius 3 is 2.86 bits per heavy atom. The number of ether oxygens (including phenoxy) is 1. The SMILES string of the molecule is CC(=O)NC(CC(=O)NC(C)C1CCCO1)c1cccs1. The summed E-state index contributed by atoms with van der Waals surface area (Å²) in [7, 11) is 0. The number of rotatable bonds is 6. The molecule has 2 rings (SSSR count). The number of thiophene rings is 1. The highest BCUT2D eigenvalue weighted by molar-refractivity contribution is 7.10. The molecule has 0 bridgehead atoms. The number of amides is 2. The van der Waals surface area contributed by atoms with E-state index in [4.69, 9.17) is 4.74 Å². The van der Waals surface area contributed by atoms with Crippen molar-refractivity contribution in [1.82, 2.24) is 10.6 Å². The molecule has 2 amide bonds. The summed E-state index contributed by atoms with van der Waals surface area (Å²) < 4.78 is 5.57. The van der Waals surface area contributed by atoms with E-state index in [1.807, 2.05) is 24.4 Å². The highest BCUT2D eigenvalue weighted by Crippen LogP contribution is 2.22. The molecule has 2 N–H and O–H groups in total. The van der Waals surface area contributed by atoms with E-state index in [0.29, 0.717) is 0 Å². The fourth-order valence-electron chi connectivity index (χ4n) is 2.55. The summed E-state index contributed by atoms with van der Waals surface area (Å²) in [6.45, 7) is 4.20. The molecule has 0 aliphatic carbocycles. The number of hydrogen-bond acceptors (Lipinski definition) is 4. The molecule has 1 aromatic rings. The topological polar surface area (TPSA) is 67.4 Å². The predicted molar refractivity (Wildman–Crippen MR) is 82.1 cm³/mol. The standard InChI is InChI=1S/C15H22N2O3S/c1-10(13-5-3-7-20-13)16-15(19)9-12(17-11(2)18)14-6-4-8-21-14/h4,6,8,10,12-13H,3,5,7,9H2,1-2H3,(H,16,19)(H,17,18). The van der Waals surface area contributed by atoms with E-state index < -0.39 is 0 Å². The van der Waals surface area contributed by atoms with Gasteiger partial charge in [0.1, 0.15) is 0 Å². The van der Waals surface area contributed by atoms with E-state index in [1.54, 1.807) is 0 Å². The first-order valence-electron chi connectivity index (χ1n) is 7.27. The number of carbonyl (C=O) groups is 2. The summed E-state index contributed by atoms with van der Waals surface area (Å²) in [5, 5.41) is 7.75. The highest BCUT2D eigenvalue weighted by Gasteiger charge is 2.25. The van der Waals surface area contributed by atoms with Crippen LogP contribution in [0.5, 0.6) is 0 Å². The van der Waals surface area contributed by atoms with Crippen LogP contribution in [0.25, 0.3) is 0 Å². The summed E-state index contributed by atoms with van der Waals surface area (Å²) in [5.41, 5.74) is 0. The second-order valence-electron chi connectivity index (χ2n) is 5.38. The van der Waals surface area contributed by atoms with E-state index in [-0.39, 0.29) is 36.4 Å². The Morgan fingerprint density at radius 1 is 1.48 bits per heavy atom. The summed E-state index contributed by atoms with van der Waals surface area (Å²) in [5.74, 6) is -0.196. The van der Waals surface area contributed by atoms with Crippen LogP contribution in [-0.2, 0) is 14.3 Å². The van der Waals surface area contributed by atoms with E-state index in [0.717, 1.165) is 24.3 Å². The maximum Gasteiger partial charge on any atom is 0.222 e. The lowest BCUT2D eigenvalue weighted by molar-refractivity contribution is -0.123. The zero-order valence-corrected chi connectivity index (χ0v) is 13.2. The average molecular weight is 310 g/mol. The summed E-state index contributed by atoms with van der Waals surface area (Å²) in [6, 6.07) is 3.59. The molecule has 1 aliphatic heterocycles. The maximum atomic E-state index is 12.2. The van der Waals surface area contributed by atoms with Crippen LogP contribution in [-0.4, -0.2) is 30.6 Å². The van der Waals surface area contributed by atoms with Gasteiger partial charge >= 0.3 is 0 Å². The second-order valence-corrected chi connectivity index (χ2v) is 6.36. The Hall–Kier alpha value is -1.40. The van der Waals surface area contributed by atoms with Gasteiger partial charge in [-0.05, 0) is 31.2 Å². The lowest BCUT2D eigenvalue weighted by Crippen LogP contribution is -2.42. The molecule has 1 fully saturated rings. The van der Waals surface area contributed by atoms with Gasteiger partial charge in [0.05, 0.1) is 24.6 Å². The molecule has 0 saturated carbocycles. The molecule has 3 atom stereocenters. The van der Waals surface area contributed by atoms with Crippen LogP contribution in [0.1, 0.15) is 44.0 Å². The molecular formula is C15H22N2O3S. The molecule has 1 saturated heterocycles. The normalized spacial score (nSPS) is 20.8. The quantitative estimate of drug-likeness (QED) is 0.844. The minimum Gasteiger partial charge on any atom is -0.376 e. The van der Waals surface area contributed by atoms with Gasteiger partial charge in [0.15, 0.2) is 0 Å². The van der Waals surface area contributed by atoms with Gasteiger partial charge in [-0.2, -0.15) is 0 Å². The Bertz CT molecular complexity index is 469. The van der Waals surface area contributed by atoms with Crippen LogP contribution < -0.4 is 10.6 Å². The smallest absolute Gasteiger partial charge is 0.222 e. The van der Waals surface area contributed by atoms with E-state index in [1.165, 1.54) is 18.3 Å². The monoisotopic (exact) mass is 310 g/mol. The van der Waals surface area contributed by atoms with E-state index in [2.05, 4.69) is 10.6 Å². The first-order valence-corrected chi connectivity index (χ1v) is 8.15. The average Bonchev–Trinajstić information content (AvgIpc) is 3.11. The fraction of sp³-hybridized carbons (Fsp3) is 0.600. The second kappa shape index (κ2) is 7.56. The predicted octanol–water partition coefficient (Wildman–Crippen LogP) is 2.00. The molecule has 116 valence electrons. The first kappa shape index (κ1) is 16.0. The van der Waals surface area contributed by atoms with Gasteiger partial charge in [0.25, 0.3) is 0 Å². The molecule has 21 heavy (non-hydrogen) atoms. The van der Waals surface area contributed by atoms with Gasteiger partial charge in [-0.25, -0.2) is 0 Å². The van der Waals surface area contributed by atoms with Crippen molar-refractivity contribution in [3.63, 3.8) is 0 Å². The van der Waals surface area contributed by atoms with Crippen molar-refractivity contribution >= 4 is 23.2 Å². The number of nitrogens with one attached hydrogen (secondary N) is 2. The van der Waals surface area contributed by atoms with Crippen LogP contribution in [0.3, 0.4) is 0 Å². The molecular weight excluding hydrogens is 288 g/mol. The van der Waals surface area contributed by atoms with Gasteiger partial charge in [-0.3, -0.25) is 9.59 Å². The molecule has 6 heteroatoms. The largest absolute Gasteiger partial charge is 0.376 e. The molecule has 0 aromatic carbocycles. The van der Waals surface area contributed by atoms with Crippen LogP contribution >= 0.6 is 11.3 Å². The molecule has 0 spiro atoms. The molecule has 1 aromatic heterocycles. The molecule has 3 unspecified atom stereocenters. The Morgan fingerprint density at radius 2 is 2.29 bits per heavy atom. The van der Waals surface area contributed by atoms with Crippen LogP contribution in [0.2, 0.25) is 0 Å². The third-order valence-corrected chi connectivity index (χ3v) is 4.55. The number of carbonyl (C=O) groups excluding carboxylic acids is 2. The Kier molecular flexibility index (Phi) is 5.76.